The maximum atomic E-state index is 15.8. The highest BCUT2D eigenvalue weighted by Crippen LogP contribution is 2.44. The van der Waals surface area contributed by atoms with Crippen LogP contribution in [0.3, 0.4) is 0 Å². The molecule has 2 atom stereocenters. The number of nitrogens with zero attached hydrogens (tertiary/aromatic N) is 4. The zero-order valence-corrected chi connectivity index (χ0v) is 30.9. The maximum absolute atomic E-state index is 15.8. The molecule has 1 saturated carbocycles. The summed E-state index contributed by atoms with van der Waals surface area (Å²) in [6, 6.07) is 12.9. The van der Waals surface area contributed by atoms with Crippen LogP contribution >= 0.6 is 0 Å². The van der Waals surface area contributed by atoms with Crippen molar-refractivity contribution in [3.8, 4) is 5.75 Å². The summed E-state index contributed by atoms with van der Waals surface area (Å²) in [6.45, 7) is 2.09. The Kier molecular flexibility index (Phi) is 10.8. The minimum absolute atomic E-state index is 0.0207. The summed E-state index contributed by atoms with van der Waals surface area (Å²) in [6.07, 6.45) is 2.71. The molecule has 16 heteroatoms. The van der Waals surface area contributed by atoms with E-state index in [2.05, 4.69) is 0 Å². The fourth-order valence-corrected chi connectivity index (χ4v) is 7.56. The molecule has 1 amide bonds. The molecule has 4 aromatic rings. The molecule has 294 valence electrons. The zero-order chi connectivity index (χ0) is 39.7. The Morgan fingerprint density at radius 2 is 1.71 bits per heavy atom. The van der Waals surface area contributed by atoms with Gasteiger partial charge in [0.1, 0.15) is 11.3 Å². The van der Waals surface area contributed by atoms with Gasteiger partial charge in [0.15, 0.2) is 11.6 Å². The smallest absolute Gasteiger partial charge is 0.413 e. The highest BCUT2D eigenvalue weighted by atomic mass is 19.1. The first-order valence-corrected chi connectivity index (χ1v) is 18.5. The third kappa shape index (κ3) is 7.42. The van der Waals surface area contributed by atoms with E-state index in [1.165, 1.54) is 18.2 Å². The number of ketones is 1. The Balaban J connectivity index is 0.870. The summed E-state index contributed by atoms with van der Waals surface area (Å²) in [7, 11) is 1.36. The van der Waals surface area contributed by atoms with E-state index in [-0.39, 0.29) is 67.7 Å². The van der Waals surface area contributed by atoms with Crippen LogP contribution in [-0.4, -0.2) is 95.1 Å². The molecule has 15 nitrogen and oxygen atoms in total. The van der Waals surface area contributed by atoms with Crippen molar-refractivity contribution in [2.75, 3.05) is 45.0 Å². The zero-order valence-electron chi connectivity index (χ0n) is 30.9. The normalized spacial score (nSPS) is 17.7. The van der Waals surface area contributed by atoms with Gasteiger partial charge in [-0.25, -0.2) is 14.0 Å². The van der Waals surface area contributed by atoms with Crippen LogP contribution in [0.15, 0.2) is 59.5 Å². The lowest BCUT2D eigenvalue weighted by molar-refractivity contribution is -0.154. The van der Waals surface area contributed by atoms with Gasteiger partial charge in [0.05, 0.1) is 36.2 Å². The summed E-state index contributed by atoms with van der Waals surface area (Å²) in [4.78, 5) is 79.0. The first-order valence-electron chi connectivity index (χ1n) is 18.5. The van der Waals surface area contributed by atoms with Gasteiger partial charge in [-0.1, -0.05) is 30.3 Å². The van der Waals surface area contributed by atoms with Crippen LogP contribution in [0.4, 0.5) is 14.9 Å². The molecule has 0 bridgehead atoms. The summed E-state index contributed by atoms with van der Waals surface area (Å²) in [5.41, 5.74) is 0.951. The molecule has 0 spiro atoms. The Hall–Kier alpha value is -6.19. The van der Waals surface area contributed by atoms with Gasteiger partial charge < -0.3 is 43.0 Å². The van der Waals surface area contributed by atoms with E-state index >= 15 is 4.39 Å². The van der Waals surface area contributed by atoms with Gasteiger partial charge in [-0.05, 0) is 50.8 Å². The lowest BCUT2D eigenvalue weighted by atomic mass is 10.1. The number of halogens is 1. The first kappa shape index (κ1) is 38.1. The number of aromatic carboxylic acids is 1. The second-order valence-corrected chi connectivity index (χ2v) is 14.1. The van der Waals surface area contributed by atoms with Crippen LogP contribution in [-0.2, 0) is 30.3 Å². The number of carboxylic acid groups (broad SMARTS) is 1. The fraction of sp³-hybridized carbons (Fsp3) is 0.400. The molecule has 1 saturated heterocycles. The van der Waals surface area contributed by atoms with Crippen molar-refractivity contribution in [1.82, 2.24) is 14.0 Å². The van der Waals surface area contributed by atoms with Gasteiger partial charge in [-0.2, -0.15) is 0 Å². The second kappa shape index (κ2) is 15.9. The molecular formula is C40H41FN4O11. The summed E-state index contributed by atoms with van der Waals surface area (Å²) in [5, 5.41) is 9.51. The molecule has 2 unspecified atom stereocenters. The molecule has 1 N–H and O–H groups in total. The lowest BCUT2D eigenvalue weighted by Crippen LogP contribution is -2.54. The molecule has 3 aliphatic rings. The van der Waals surface area contributed by atoms with E-state index < -0.39 is 59.6 Å². The van der Waals surface area contributed by atoms with Gasteiger partial charge in [0, 0.05) is 62.1 Å². The first-order chi connectivity index (χ1) is 27.0. The molecule has 0 radical (unpaired) electrons. The number of pyridine rings is 1. The van der Waals surface area contributed by atoms with Crippen molar-refractivity contribution in [2.24, 2.45) is 0 Å². The molecule has 2 fully saturated rings. The van der Waals surface area contributed by atoms with Crippen molar-refractivity contribution in [3.63, 3.8) is 0 Å². The van der Waals surface area contributed by atoms with E-state index in [4.69, 9.17) is 18.9 Å². The number of hydrogen-bond acceptors (Lipinski definition) is 11. The van der Waals surface area contributed by atoms with Crippen molar-refractivity contribution in [1.29, 1.82) is 0 Å². The standard InChI is InChI=1S/C40H41FN4O11/c1-23-20-42(34-29(41)19-27-33(37(34)53-2)45(25-10-11-25)21-28(36(27)48)38(49)50)16-17-43(23)40(52)56-22-55-32(46)9-6-18-54-39(51)26-14-15-44-30(26)12-13-31(44)35(47)24-7-4-3-5-8-24/h3-5,7-8,12-13,19,21,23,25-26H,6,9-11,14-18,20,22H2,1-2H3,(H,49,50). The Labute approximate surface area is 320 Å². The number of fused-ring (bicyclic) bond motifs is 2. The Morgan fingerprint density at radius 1 is 0.946 bits per heavy atom. The third-order valence-corrected chi connectivity index (χ3v) is 10.5. The number of carbonyl (C=O) groups excluding carboxylic acids is 4. The van der Waals surface area contributed by atoms with Crippen LogP contribution in [0.25, 0.3) is 10.9 Å². The number of amides is 1. The van der Waals surface area contributed by atoms with E-state index in [1.807, 2.05) is 10.6 Å². The summed E-state index contributed by atoms with van der Waals surface area (Å²) >= 11 is 0. The van der Waals surface area contributed by atoms with Crippen LogP contribution in [0.1, 0.15) is 83.1 Å². The highest BCUT2D eigenvalue weighted by Gasteiger charge is 2.36. The molecule has 1 aliphatic carbocycles. The van der Waals surface area contributed by atoms with E-state index in [0.717, 1.165) is 18.9 Å². The molecule has 7 rings (SSSR count). The molecule has 2 aromatic heterocycles. The van der Waals surface area contributed by atoms with Crippen LogP contribution < -0.4 is 15.1 Å². The Morgan fingerprint density at radius 3 is 2.41 bits per heavy atom. The van der Waals surface area contributed by atoms with Crippen molar-refractivity contribution in [3.05, 3.63) is 93.3 Å². The number of piperazine rings is 1. The maximum Gasteiger partial charge on any atom is 0.413 e. The molecule has 56 heavy (non-hydrogen) atoms. The Bertz CT molecular complexity index is 2270. The molecule has 4 heterocycles. The average molecular weight is 773 g/mol. The summed E-state index contributed by atoms with van der Waals surface area (Å²) in [5.74, 6) is -3.78. The topological polar surface area (TPSA) is 176 Å². The van der Waals surface area contributed by atoms with Crippen LogP contribution in [0, 0.1) is 5.82 Å². The number of carboxylic acids is 1. The minimum atomic E-state index is -1.40. The second-order valence-electron chi connectivity index (χ2n) is 14.1. The van der Waals surface area contributed by atoms with Gasteiger partial charge in [0.2, 0.25) is 18.0 Å². The van der Waals surface area contributed by atoms with Gasteiger partial charge >= 0.3 is 24.0 Å². The van der Waals surface area contributed by atoms with Crippen LogP contribution in [0.2, 0.25) is 0 Å². The number of carbonyl (C=O) groups is 5. The average Bonchev–Trinajstić information content (AvgIpc) is 3.81. The number of esters is 2. The molecule has 2 aliphatic heterocycles. The largest absolute Gasteiger partial charge is 0.492 e. The van der Waals surface area contributed by atoms with Crippen LogP contribution in [0.5, 0.6) is 5.75 Å². The van der Waals surface area contributed by atoms with Gasteiger partial charge in [0.25, 0.3) is 0 Å². The van der Waals surface area contributed by atoms with Crippen molar-refractivity contribution >= 4 is 46.4 Å². The number of hydrogen-bond donors (Lipinski definition) is 1. The monoisotopic (exact) mass is 772 g/mol. The van der Waals surface area contributed by atoms with Gasteiger partial charge in [-0.15, -0.1) is 0 Å². The number of anilines is 1. The number of aromatic nitrogens is 2. The third-order valence-electron chi connectivity index (χ3n) is 10.5. The van der Waals surface area contributed by atoms with Gasteiger partial charge in [-0.3, -0.25) is 19.2 Å². The number of methoxy groups -OCH3 is 1. The number of ether oxygens (including phenoxy) is 4. The number of benzene rings is 2. The van der Waals surface area contributed by atoms with Crippen molar-refractivity contribution < 1.29 is 52.4 Å². The molecular weight excluding hydrogens is 731 g/mol. The summed E-state index contributed by atoms with van der Waals surface area (Å²) < 4.78 is 40.7. The minimum Gasteiger partial charge on any atom is -0.492 e. The predicted molar refractivity (Wildman–Crippen MR) is 198 cm³/mol. The predicted octanol–water partition coefficient (Wildman–Crippen LogP) is 4.87. The van der Waals surface area contributed by atoms with E-state index in [1.54, 1.807) is 52.8 Å². The van der Waals surface area contributed by atoms with Crippen molar-refractivity contribution in [2.45, 2.75) is 63.6 Å². The van der Waals surface area contributed by atoms with E-state index in [9.17, 15) is 33.9 Å². The molecule has 2 aromatic carbocycles. The highest BCUT2D eigenvalue weighted by molar-refractivity contribution is 6.08. The SMILES string of the molecule is COc1c(N2CCN(C(=O)OCOC(=O)CCCOC(=O)C3CCn4c(C(=O)c5ccccc5)ccc43)C(C)C2)c(F)cc2c(=O)c(C(=O)O)cn(C3CC3)c12. The van der Waals surface area contributed by atoms with E-state index in [0.29, 0.717) is 35.4 Å². The fourth-order valence-electron chi connectivity index (χ4n) is 7.56. The number of rotatable bonds is 13. The quantitative estimate of drug-likeness (QED) is 0.0846. The lowest BCUT2D eigenvalue weighted by Gasteiger charge is -2.40.